The number of amides is 1. The molecule has 0 saturated carbocycles. The maximum absolute atomic E-state index is 12.5. The van der Waals surface area contributed by atoms with Crippen LogP contribution >= 0.6 is 15.9 Å². The summed E-state index contributed by atoms with van der Waals surface area (Å²) >= 11 is 3.27. The van der Waals surface area contributed by atoms with Crippen molar-refractivity contribution in [2.75, 3.05) is 20.1 Å². The third-order valence-electron chi connectivity index (χ3n) is 3.86. The molecule has 25 heavy (non-hydrogen) atoms. The van der Waals surface area contributed by atoms with Gasteiger partial charge in [0.1, 0.15) is 0 Å². The predicted molar refractivity (Wildman–Crippen MR) is 102 cm³/mol. The number of rotatable bonds is 7. The molecule has 0 fully saturated rings. The molecule has 1 atom stereocenters. The lowest BCUT2D eigenvalue weighted by Gasteiger charge is -2.18. The zero-order chi connectivity index (χ0) is 18.4. The summed E-state index contributed by atoms with van der Waals surface area (Å²) in [6.45, 7) is 2.24. The number of hydrogen-bond acceptors (Lipinski definition) is 3. The van der Waals surface area contributed by atoms with Gasteiger partial charge in [0.05, 0.1) is 11.4 Å². The van der Waals surface area contributed by atoms with Crippen LogP contribution in [0.25, 0.3) is 0 Å². The molecule has 2 aromatic carbocycles. The fourth-order valence-electron chi connectivity index (χ4n) is 2.30. The van der Waals surface area contributed by atoms with Gasteiger partial charge in [0.15, 0.2) is 0 Å². The fourth-order valence-corrected chi connectivity index (χ4v) is 3.69. The summed E-state index contributed by atoms with van der Waals surface area (Å²) in [7, 11) is -2.29. The summed E-state index contributed by atoms with van der Waals surface area (Å²) in [6, 6.07) is 16.2. The lowest BCUT2D eigenvalue weighted by Crippen LogP contribution is -2.39. The van der Waals surface area contributed by atoms with E-state index in [0.717, 1.165) is 14.3 Å². The molecular weight excluding hydrogens is 404 g/mol. The number of likely N-dealkylation sites (N-methyl/N-ethyl adjacent to an activating group) is 1. The molecule has 0 aliphatic carbocycles. The van der Waals surface area contributed by atoms with Gasteiger partial charge in [-0.2, -0.15) is 4.31 Å². The first-order chi connectivity index (χ1) is 11.8. The highest BCUT2D eigenvalue weighted by Gasteiger charge is 2.23. The second kappa shape index (κ2) is 8.60. The monoisotopic (exact) mass is 424 g/mol. The normalized spacial score (nSPS) is 12.8. The topological polar surface area (TPSA) is 66.5 Å². The summed E-state index contributed by atoms with van der Waals surface area (Å²) in [5.41, 5.74) is 1.12. The van der Waals surface area contributed by atoms with Crippen molar-refractivity contribution in [1.82, 2.24) is 9.62 Å². The van der Waals surface area contributed by atoms with Crippen molar-refractivity contribution in [2.24, 2.45) is 0 Å². The second-order valence-electron chi connectivity index (χ2n) is 5.83. The van der Waals surface area contributed by atoms with Crippen LogP contribution in [0.15, 0.2) is 64.0 Å². The van der Waals surface area contributed by atoms with Crippen LogP contribution in [0.3, 0.4) is 0 Å². The molecule has 0 heterocycles. The van der Waals surface area contributed by atoms with Gasteiger partial charge in [0.25, 0.3) is 0 Å². The third kappa shape index (κ3) is 5.39. The van der Waals surface area contributed by atoms with Gasteiger partial charge >= 0.3 is 0 Å². The molecule has 134 valence electrons. The lowest BCUT2D eigenvalue weighted by molar-refractivity contribution is -0.121. The Morgan fingerprint density at radius 1 is 1.12 bits per heavy atom. The standard InChI is InChI=1S/C18H21BrN2O3S/c1-14(15-6-4-3-5-7-15)12-20-18(22)13-21(2)25(23,24)17-10-8-16(19)9-11-17/h3-11,14H,12-13H2,1-2H3,(H,20,22)/t14-/m1/s1. The SMILES string of the molecule is C[C@H](CNC(=O)CN(C)S(=O)(=O)c1ccc(Br)cc1)c1ccccc1. The van der Waals surface area contributed by atoms with Crippen molar-refractivity contribution in [3.63, 3.8) is 0 Å². The largest absolute Gasteiger partial charge is 0.354 e. The molecule has 2 rings (SSSR count). The van der Waals surface area contributed by atoms with Crippen LogP contribution in [0.2, 0.25) is 0 Å². The Morgan fingerprint density at radius 2 is 1.72 bits per heavy atom. The average Bonchev–Trinajstić information content (AvgIpc) is 2.60. The predicted octanol–water partition coefficient (Wildman–Crippen LogP) is 2.99. The number of nitrogens with one attached hydrogen (secondary N) is 1. The zero-order valence-corrected chi connectivity index (χ0v) is 16.5. The molecule has 0 aromatic heterocycles. The van der Waals surface area contributed by atoms with Crippen molar-refractivity contribution in [3.05, 3.63) is 64.6 Å². The number of sulfonamides is 1. The molecule has 7 heteroatoms. The molecule has 1 N–H and O–H groups in total. The van der Waals surface area contributed by atoms with E-state index in [0.29, 0.717) is 6.54 Å². The second-order valence-corrected chi connectivity index (χ2v) is 8.79. The first-order valence-corrected chi connectivity index (χ1v) is 10.1. The van der Waals surface area contributed by atoms with Crippen molar-refractivity contribution >= 4 is 31.9 Å². The first kappa shape index (κ1) is 19.6. The molecule has 0 radical (unpaired) electrons. The maximum atomic E-state index is 12.5. The first-order valence-electron chi connectivity index (χ1n) is 7.84. The molecule has 0 bridgehead atoms. The minimum Gasteiger partial charge on any atom is -0.354 e. The van der Waals surface area contributed by atoms with E-state index in [9.17, 15) is 13.2 Å². The summed E-state index contributed by atoms with van der Waals surface area (Å²) in [4.78, 5) is 12.3. The minimum absolute atomic E-state index is 0.151. The highest BCUT2D eigenvalue weighted by atomic mass is 79.9. The smallest absolute Gasteiger partial charge is 0.243 e. The van der Waals surface area contributed by atoms with Gasteiger partial charge in [-0.15, -0.1) is 0 Å². The van der Waals surface area contributed by atoms with E-state index in [1.807, 2.05) is 37.3 Å². The van der Waals surface area contributed by atoms with E-state index in [1.54, 1.807) is 12.1 Å². The van der Waals surface area contributed by atoms with Crippen LogP contribution in [0, 0.1) is 0 Å². The summed E-state index contributed by atoms with van der Waals surface area (Å²) in [6.07, 6.45) is 0. The van der Waals surface area contributed by atoms with Crippen molar-refractivity contribution in [2.45, 2.75) is 17.7 Å². The van der Waals surface area contributed by atoms with E-state index in [1.165, 1.54) is 19.2 Å². The Bertz CT molecular complexity index is 808. The Balaban J connectivity index is 1.92. The molecule has 0 unspecified atom stereocenters. The van der Waals surface area contributed by atoms with Crippen LogP contribution in [0.4, 0.5) is 0 Å². The highest BCUT2D eigenvalue weighted by Crippen LogP contribution is 2.18. The Kier molecular flexibility index (Phi) is 6.75. The summed E-state index contributed by atoms with van der Waals surface area (Å²) in [5, 5.41) is 2.79. The van der Waals surface area contributed by atoms with Gasteiger partial charge < -0.3 is 5.32 Å². The molecule has 5 nitrogen and oxygen atoms in total. The van der Waals surface area contributed by atoms with Crippen molar-refractivity contribution < 1.29 is 13.2 Å². The van der Waals surface area contributed by atoms with E-state index in [4.69, 9.17) is 0 Å². The fraction of sp³-hybridized carbons (Fsp3) is 0.278. The van der Waals surface area contributed by atoms with Crippen LogP contribution in [0.5, 0.6) is 0 Å². The highest BCUT2D eigenvalue weighted by molar-refractivity contribution is 9.10. The van der Waals surface area contributed by atoms with Gasteiger partial charge in [-0.05, 0) is 35.7 Å². The molecule has 0 aliphatic rings. The quantitative estimate of drug-likeness (QED) is 0.742. The van der Waals surface area contributed by atoms with Crippen LogP contribution in [-0.4, -0.2) is 38.8 Å². The number of nitrogens with zero attached hydrogens (tertiary/aromatic N) is 1. The summed E-state index contributed by atoms with van der Waals surface area (Å²) < 4.78 is 26.8. The number of hydrogen-bond donors (Lipinski definition) is 1. The number of halogens is 1. The number of carbonyl (C=O) groups excluding carboxylic acids is 1. The molecular formula is C18H21BrN2O3S. The molecule has 0 aliphatic heterocycles. The Hall–Kier alpha value is -1.70. The van der Waals surface area contributed by atoms with Crippen molar-refractivity contribution in [1.29, 1.82) is 0 Å². The van der Waals surface area contributed by atoms with E-state index < -0.39 is 10.0 Å². The van der Waals surface area contributed by atoms with Crippen LogP contribution in [0.1, 0.15) is 18.4 Å². The maximum Gasteiger partial charge on any atom is 0.243 e. The molecule has 2 aromatic rings. The third-order valence-corrected chi connectivity index (χ3v) is 6.21. The number of benzene rings is 2. The Labute approximate surface area is 157 Å². The number of carbonyl (C=O) groups is 1. The van der Waals surface area contributed by atoms with Crippen LogP contribution in [-0.2, 0) is 14.8 Å². The zero-order valence-electron chi connectivity index (χ0n) is 14.1. The van der Waals surface area contributed by atoms with Gasteiger partial charge in [-0.25, -0.2) is 8.42 Å². The van der Waals surface area contributed by atoms with Gasteiger partial charge in [0.2, 0.25) is 15.9 Å². The van der Waals surface area contributed by atoms with Crippen LogP contribution < -0.4 is 5.32 Å². The minimum atomic E-state index is -3.69. The van der Waals surface area contributed by atoms with E-state index >= 15 is 0 Å². The molecule has 0 spiro atoms. The average molecular weight is 425 g/mol. The van der Waals surface area contributed by atoms with Crippen molar-refractivity contribution in [3.8, 4) is 0 Å². The van der Waals surface area contributed by atoms with Gasteiger partial charge in [-0.1, -0.05) is 53.2 Å². The van der Waals surface area contributed by atoms with E-state index in [2.05, 4.69) is 21.2 Å². The lowest BCUT2D eigenvalue weighted by atomic mass is 10.0. The van der Waals surface area contributed by atoms with Gasteiger partial charge in [0, 0.05) is 18.1 Å². The van der Waals surface area contributed by atoms with Gasteiger partial charge in [-0.3, -0.25) is 4.79 Å². The molecule has 1 amide bonds. The van der Waals surface area contributed by atoms with E-state index in [-0.39, 0.29) is 23.3 Å². The summed E-state index contributed by atoms with van der Waals surface area (Å²) in [5.74, 6) is -0.176. The Morgan fingerprint density at radius 3 is 2.32 bits per heavy atom. The molecule has 0 saturated heterocycles.